The van der Waals surface area contributed by atoms with E-state index in [2.05, 4.69) is 10.3 Å². The molecule has 3 aromatic rings. The number of pyridine rings is 1. The van der Waals surface area contributed by atoms with Gasteiger partial charge in [-0.3, -0.25) is 14.9 Å². The van der Waals surface area contributed by atoms with E-state index >= 15 is 0 Å². The number of aryl methyl sites for hydroxylation is 1. The van der Waals surface area contributed by atoms with Crippen LogP contribution in [0, 0.1) is 5.82 Å². The third-order valence-electron chi connectivity index (χ3n) is 4.74. The van der Waals surface area contributed by atoms with E-state index in [1.807, 2.05) is 10.6 Å². The van der Waals surface area contributed by atoms with Crippen molar-refractivity contribution >= 4 is 34.5 Å². The van der Waals surface area contributed by atoms with Gasteiger partial charge in [0.25, 0.3) is 11.8 Å². The maximum absolute atomic E-state index is 13.1. The van der Waals surface area contributed by atoms with Crippen molar-refractivity contribution < 1.29 is 19.1 Å². The first-order chi connectivity index (χ1) is 14.1. The number of carbonyl (C=O) groups excluding carboxylic acids is 2. The zero-order chi connectivity index (χ0) is 20.4. The third-order valence-corrected chi connectivity index (χ3v) is 4.74. The smallest absolute Gasteiger partial charge is 0.259 e. The predicted octanol–water partition coefficient (Wildman–Crippen LogP) is 2.68. The number of halogens is 1. The van der Waals surface area contributed by atoms with Crippen molar-refractivity contribution in [2.45, 2.75) is 13.0 Å². The SMILES string of the molecule is O=C1NC(=O)C(c2cn(CCCO)c3ncccc23)=C1C=Cc1ccc(F)cc1. The number of amides is 2. The maximum atomic E-state index is 13.1. The fourth-order valence-electron chi connectivity index (χ4n) is 3.38. The standard InChI is InChI=1S/C22H18FN3O3/c23-15-7-4-14(5-8-15)6-9-17-19(22(29)25-21(17)28)18-13-26(11-2-12-27)20-16(18)3-1-10-24-20/h1,3-10,13,27H,2,11-12H2,(H,25,28,29). The van der Waals surface area contributed by atoms with Crippen LogP contribution < -0.4 is 5.32 Å². The number of hydrogen-bond acceptors (Lipinski definition) is 4. The van der Waals surface area contributed by atoms with E-state index in [1.54, 1.807) is 42.7 Å². The van der Waals surface area contributed by atoms with Crippen LogP contribution in [-0.2, 0) is 16.1 Å². The molecule has 29 heavy (non-hydrogen) atoms. The first-order valence-corrected chi connectivity index (χ1v) is 9.17. The van der Waals surface area contributed by atoms with Gasteiger partial charge in [0.15, 0.2) is 0 Å². The quantitative estimate of drug-likeness (QED) is 0.633. The molecule has 1 aliphatic heterocycles. The molecule has 0 saturated heterocycles. The summed E-state index contributed by atoms with van der Waals surface area (Å²) >= 11 is 0. The molecule has 0 saturated carbocycles. The summed E-state index contributed by atoms with van der Waals surface area (Å²) in [5, 5.41) is 12.2. The molecular weight excluding hydrogens is 373 g/mol. The number of carbonyl (C=O) groups is 2. The van der Waals surface area contributed by atoms with E-state index in [9.17, 15) is 14.0 Å². The number of nitrogens with zero attached hydrogens (tertiary/aromatic N) is 2. The summed E-state index contributed by atoms with van der Waals surface area (Å²) in [4.78, 5) is 29.4. The molecule has 1 aromatic carbocycles. The summed E-state index contributed by atoms with van der Waals surface area (Å²) in [6, 6.07) is 9.45. The molecule has 0 spiro atoms. The second kappa shape index (κ2) is 7.81. The van der Waals surface area contributed by atoms with Crippen LogP contribution in [0.15, 0.2) is 60.4 Å². The van der Waals surface area contributed by atoms with Gasteiger partial charge in [0, 0.05) is 36.5 Å². The lowest BCUT2D eigenvalue weighted by Gasteiger charge is -2.01. The Balaban J connectivity index is 1.83. The number of fused-ring (bicyclic) bond motifs is 1. The van der Waals surface area contributed by atoms with E-state index in [4.69, 9.17) is 5.11 Å². The molecule has 146 valence electrons. The van der Waals surface area contributed by atoms with Gasteiger partial charge in [-0.15, -0.1) is 0 Å². The van der Waals surface area contributed by atoms with E-state index in [1.165, 1.54) is 12.1 Å². The minimum Gasteiger partial charge on any atom is -0.396 e. The lowest BCUT2D eigenvalue weighted by molar-refractivity contribution is -0.123. The molecule has 0 atom stereocenters. The number of rotatable bonds is 6. The third kappa shape index (κ3) is 3.60. The Kier molecular flexibility index (Phi) is 5.05. The lowest BCUT2D eigenvalue weighted by Crippen LogP contribution is -2.22. The van der Waals surface area contributed by atoms with Crippen LogP contribution >= 0.6 is 0 Å². The average Bonchev–Trinajstić information content (AvgIpc) is 3.22. The van der Waals surface area contributed by atoms with Crippen molar-refractivity contribution in [1.82, 2.24) is 14.9 Å². The number of benzene rings is 1. The van der Waals surface area contributed by atoms with E-state index in [-0.39, 0.29) is 23.6 Å². The van der Waals surface area contributed by atoms with Crippen LogP contribution in [-0.4, -0.2) is 33.1 Å². The second-order valence-corrected chi connectivity index (χ2v) is 6.64. The molecule has 0 unspecified atom stereocenters. The fraction of sp³-hybridized carbons (Fsp3) is 0.136. The van der Waals surface area contributed by atoms with Crippen LogP contribution in [0.3, 0.4) is 0 Å². The van der Waals surface area contributed by atoms with Crippen LogP contribution in [0.25, 0.3) is 22.7 Å². The highest BCUT2D eigenvalue weighted by Crippen LogP contribution is 2.32. The molecule has 0 bridgehead atoms. The van der Waals surface area contributed by atoms with Crippen molar-refractivity contribution in [3.05, 3.63) is 77.4 Å². The second-order valence-electron chi connectivity index (χ2n) is 6.64. The van der Waals surface area contributed by atoms with E-state index in [0.717, 1.165) is 5.39 Å². The van der Waals surface area contributed by atoms with Gasteiger partial charge in [0.2, 0.25) is 0 Å². The largest absolute Gasteiger partial charge is 0.396 e. The Morgan fingerprint density at radius 3 is 2.66 bits per heavy atom. The number of hydrogen-bond donors (Lipinski definition) is 2. The van der Waals surface area contributed by atoms with Crippen molar-refractivity contribution in [3.8, 4) is 0 Å². The van der Waals surface area contributed by atoms with Crippen LogP contribution in [0.2, 0.25) is 0 Å². The highest BCUT2D eigenvalue weighted by molar-refractivity contribution is 6.38. The molecule has 0 fully saturated rings. The van der Waals surface area contributed by atoms with Crippen molar-refractivity contribution in [2.24, 2.45) is 0 Å². The zero-order valence-corrected chi connectivity index (χ0v) is 15.4. The Hall–Kier alpha value is -3.58. The Morgan fingerprint density at radius 1 is 1.10 bits per heavy atom. The molecule has 7 heteroatoms. The molecule has 3 heterocycles. The van der Waals surface area contributed by atoms with Gasteiger partial charge in [-0.2, -0.15) is 0 Å². The summed E-state index contributed by atoms with van der Waals surface area (Å²) in [5.41, 5.74) is 2.50. The fourth-order valence-corrected chi connectivity index (χ4v) is 3.38. The van der Waals surface area contributed by atoms with Gasteiger partial charge in [-0.25, -0.2) is 9.37 Å². The molecule has 6 nitrogen and oxygen atoms in total. The molecule has 2 aromatic heterocycles. The molecule has 4 rings (SSSR count). The number of aromatic nitrogens is 2. The summed E-state index contributed by atoms with van der Waals surface area (Å²) < 4.78 is 15.0. The average molecular weight is 391 g/mol. The molecular formula is C22H18FN3O3. The summed E-state index contributed by atoms with van der Waals surface area (Å²) in [6.07, 6.45) is 7.21. The highest BCUT2D eigenvalue weighted by Gasteiger charge is 2.31. The van der Waals surface area contributed by atoms with Gasteiger partial charge >= 0.3 is 0 Å². The normalized spacial score (nSPS) is 14.4. The van der Waals surface area contributed by atoms with Crippen molar-refractivity contribution in [1.29, 1.82) is 0 Å². The Bertz CT molecular complexity index is 1160. The first-order valence-electron chi connectivity index (χ1n) is 9.17. The van der Waals surface area contributed by atoms with Crippen molar-refractivity contribution in [2.75, 3.05) is 6.61 Å². The van der Waals surface area contributed by atoms with Crippen molar-refractivity contribution in [3.63, 3.8) is 0 Å². The van der Waals surface area contributed by atoms with Crippen LogP contribution in [0.1, 0.15) is 17.5 Å². The van der Waals surface area contributed by atoms with Gasteiger partial charge in [0.05, 0.1) is 11.1 Å². The summed E-state index contributed by atoms with van der Waals surface area (Å²) in [7, 11) is 0. The Labute approximate surface area is 166 Å². The van der Waals surface area contributed by atoms with Gasteiger partial charge in [-0.1, -0.05) is 18.2 Å². The number of nitrogens with one attached hydrogen (secondary N) is 1. The zero-order valence-electron chi connectivity index (χ0n) is 15.4. The molecule has 0 radical (unpaired) electrons. The minimum atomic E-state index is -0.483. The van der Waals surface area contributed by atoms with E-state index in [0.29, 0.717) is 29.7 Å². The monoisotopic (exact) mass is 391 g/mol. The predicted molar refractivity (Wildman–Crippen MR) is 107 cm³/mol. The summed E-state index contributed by atoms with van der Waals surface area (Å²) in [6.45, 7) is 0.572. The molecule has 2 amide bonds. The number of imide groups is 1. The number of aliphatic hydroxyl groups excluding tert-OH is 1. The number of aliphatic hydroxyl groups is 1. The maximum Gasteiger partial charge on any atom is 0.259 e. The van der Waals surface area contributed by atoms with E-state index < -0.39 is 11.8 Å². The lowest BCUT2D eigenvalue weighted by atomic mass is 10.0. The molecule has 2 N–H and O–H groups in total. The molecule has 0 aliphatic carbocycles. The van der Waals surface area contributed by atoms with Gasteiger partial charge in [-0.05, 0) is 42.3 Å². The summed E-state index contributed by atoms with van der Waals surface area (Å²) in [5.74, 6) is -1.30. The van der Waals surface area contributed by atoms with Crippen LogP contribution in [0.5, 0.6) is 0 Å². The first kappa shape index (κ1) is 18.8. The molecule has 1 aliphatic rings. The van der Waals surface area contributed by atoms with Gasteiger partial charge in [0.1, 0.15) is 11.5 Å². The Morgan fingerprint density at radius 2 is 1.90 bits per heavy atom. The highest BCUT2D eigenvalue weighted by atomic mass is 19.1. The minimum absolute atomic E-state index is 0.0369. The van der Waals surface area contributed by atoms with Crippen LogP contribution in [0.4, 0.5) is 4.39 Å². The van der Waals surface area contributed by atoms with Gasteiger partial charge < -0.3 is 9.67 Å². The topological polar surface area (TPSA) is 84.2 Å².